The molecule has 1 aromatic carbocycles. The second-order valence-electron chi connectivity index (χ2n) is 8.03. The Hall–Kier alpha value is -3.06. The monoisotopic (exact) mass is 401 g/mol. The van der Waals surface area contributed by atoms with Crippen molar-refractivity contribution in [1.82, 2.24) is 4.98 Å². The SMILES string of the molecule is CC#Cc1cc(C)c(C2C(=O)CC(CCCC(=O)Cc3ccccn3)C2=O)c(C)c1. The number of aromatic nitrogens is 1. The second kappa shape index (κ2) is 9.63. The minimum atomic E-state index is -0.678. The normalized spacial score (nSPS) is 18.2. The van der Waals surface area contributed by atoms with Crippen LogP contribution in [-0.4, -0.2) is 22.3 Å². The average molecular weight is 402 g/mol. The maximum Gasteiger partial charge on any atom is 0.151 e. The van der Waals surface area contributed by atoms with Gasteiger partial charge in [-0.1, -0.05) is 12.0 Å². The van der Waals surface area contributed by atoms with Crippen molar-refractivity contribution in [3.63, 3.8) is 0 Å². The molecule has 0 bridgehead atoms. The maximum atomic E-state index is 13.1. The molecule has 2 unspecified atom stereocenters. The zero-order chi connectivity index (χ0) is 21.7. The number of hydrogen-bond donors (Lipinski definition) is 0. The highest BCUT2D eigenvalue weighted by molar-refractivity contribution is 6.15. The van der Waals surface area contributed by atoms with Crippen LogP contribution in [0.25, 0.3) is 0 Å². The summed E-state index contributed by atoms with van der Waals surface area (Å²) >= 11 is 0. The smallest absolute Gasteiger partial charge is 0.151 e. The van der Waals surface area contributed by atoms with Crippen molar-refractivity contribution in [2.75, 3.05) is 0 Å². The van der Waals surface area contributed by atoms with Crippen LogP contribution in [0.5, 0.6) is 0 Å². The topological polar surface area (TPSA) is 64.1 Å². The molecule has 0 amide bonds. The Morgan fingerprint density at radius 2 is 1.90 bits per heavy atom. The summed E-state index contributed by atoms with van der Waals surface area (Å²) in [4.78, 5) is 42.1. The molecule has 1 aliphatic rings. The van der Waals surface area contributed by atoms with Crippen LogP contribution in [0.2, 0.25) is 0 Å². The Balaban J connectivity index is 1.62. The van der Waals surface area contributed by atoms with Crippen LogP contribution in [0, 0.1) is 31.6 Å². The molecule has 154 valence electrons. The third kappa shape index (κ3) is 4.91. The van der Waals surface area contributed by atoms with Gasteiger partial charge in [-0.3, -0.25) is 19.4 Å². The highest BCUT2D eigenvalue weighted by atomic mass is 16.2. The molecular formula is C26H27NO3. The lowest BCUT2D eigenvalue weighted by molar-refractivity contribution is -0.125. The van der Waals surface area contributed by atoms with Crippen LogP contribution in [0.3, 0.4) is 0 Å². The van der Waals surface area contributed by atoms with E-state index in [-0.39, 0.29) is 29.7 Å². The van der Waals surface area contributed by atoms with Gasteiger partial charge >= 0.3 is 0 Å². The number of rotatable bonds is 7. The lowest BCUT2D eigenvalue weighted by atomic mass is 9.86. The molecule has 2 atom stereocenters. The summed E-state index contributed by atoms with van der Waals surface area (Å²) in [5, 5.41) is 0. The number of ketones is 3. The third-order valence-corrected chi connectivity index (χ3v) is 5.72. The molecule has 1 saturated carbocycles. The fourth-order valence-corrected chi connectivity index (χ4v) is 4.39. The number of carbonyl (C=O) groups is 3. The van der Waals surface area contributed by atoms with Gasteiger partial charge < -0.3 is 0 Å². The van der Waals surface area contributed by atoms with Gasteiger partial charge in [0.2, 0.25) is 0 Å². The first-order valence-electron chi connectivity index (χ1n) is 10.4. The van der Waals surface area contributed by atoms with Gasteiger partial charge in [0.25, 0.3) is 0 Å². The number of carbonyl (C=O) groups excluding carboxylic acids is 3. The first kappa shape index (κ1) is 21.6. The largest absolute Gasteiger partial charge is 0.299 e. The summed E-state index contributed by atoms with van der Waals surface area (Å²) in [6, 6.07) is 9.42. The quantitative estimate of drug-likeness (QED) is 0.513. The summed E-state index contributed by atoms with van der Waals surface area (Å²) in [5.41, 5.74) is 4.37. The first-order chi connectivity index (χ1) is 14.4. The lowest BCUT2D eigenvalue weighted by Crippen LogP contribution is -2.18. The lowest BCUT2D eigenvalue weighted by Gasteiger charge is -2.16. The number of pyridine rings is 1. The Bertz CT molecular complexity index is 1000. The number of aryl methyl sites for hydroxylation is 2. The van der Waals surface area contributed by atoms with Gasteiger partial charge in [-0.05, 0) is 74.6 Å². The summed E-state index contributed by atoms with van der Waals surface area (Å²) < 4.78 is 0. The van der Waals surface area contributed by atoms with Crippen LogP contribution >= 0.6 is 0 Å². The Morgan fingerprint density at radius 1 is 1.17 bits per heavy atom. The van der Waals surface area contributed by atoms with E-state index in [2.05, 4.69) is 16.8 Å². The fourth-order valence-electron chi connectivity index (χ4n) is 4.39. The van der Waals surface area contributed by atoms with Crippen LogP contribution in [-0.2, 0) is 20.8 Å². The predicted molar refractivity (Wildman–Crippen MR) is 116 cm³/mol. The van der Waals surface area contributed by atoms with Crippen LogP contribution in [0.15, 0.2) is 36.5 Å². The summed E-state index contributed by atoms with van der Waals surface area (Å²) in [6.45, 7) is 5.66. The van der Waals surface area contributed by atoms with E-state index in [1.54, 1.807) is 13.1 Å². The standard InChI is InChI=1S/C26H27NO3/c1-4-8-19-13-17(2)24(18(3)14-19)25-23(29)15-20(26(25)30)9-7-11-22(28)16-21-10-5-6-12-27-21/h5-6,10,12-14,20,25H,7,9,11,15-16H2,1-3H3. The fraction of sp³-hybridized carbons (Fsp3) is 0.385. The maximum absolute atomic E-state index is 13.1. The van der Waals surface area contributed by atoms with Crippen LogP contribution in [0.1, 0.15) is 66.5 Å². The van der Waals surface area contributed by atoms with E-state index in [0.717, 1.165) is 27.9 Å². The van der Waals surface area contributed by atoms with E-state index in [1.807, 2.05) is 44.2 Å². The molecule has 0 spiro atoms. The third-order valence-electron chi connectivity index (χ3n) is 5.72. The summed E-state index contributed by atoms with van der Waals surface area (Å²) in [6.07, 6.45) is 3.86. The molecule has 2 aromatic rings. The molecule has 0 aliphatic heterocycles. The number of hydrogen-bond acceptors (Lipinski definition) is 4. The molecule has 0 N–H and O–H groups in total. The van der Waals surface area contributed by atoms with Crippen molar-refractivity contribution in [3.05, 3.63) is 64.5 Å². The molecule has 3 rings (SSSR count). The van der Waals surface area contributed by atoms with E-state index in [0.29, 0.717) is 25.7 Å². The highest BCUT2D eigenvalue weighted by Gasteiger charge is 2.42. The van der Waals surface area contributed by atoms with Gasteiger partial charge in [-0.15, -0.1) is 5.92 Å². The van der Waals surface area contributed by atoms with Gasteiger partial charge in [0, 0.05) is 42.6 Å². The zero-order valence-electron chi connectivity index (χ0n) is 17.8. The van der Waals surface area contributed by atoms with Gasteiger partial charge in [-0.25, -0.2) is 0 Å². The molecule has 30 heavy (non-hydrogen) atoms. The van der Waals surface area contributed by atoms with E-state index in [1.165, 1.54) is 0 Å². The van der Waals surface area contributed by atoms with Crippen molar-refractivity contribution in [2.24, 2.45) is 5.92 Å². The van der Waals surface area contributed by atoms with Gasteiger partial charge in [0.15, 0.2) is 5.78 Å². The average Bonchev–Trinajstić information content (AvgIpc) is 2.96. The Kier molecular flexibility index (Phi) is 6.95. The first-order valence-corrected chi connectivity index (χ1v) is 10.4. The van der Waals surface area contributed by atoms with Crippen molar-refractivity contribution in [2.45, 2.75) is 58.8 Å². The highest BCUT2D eigenvalue weighted by Crippen LogP contribution is 2.38. The second-order valence-corrected chi connectivity index (χ2v) is 8.03. The minimum absolute atomic E-state index is 0.00213. The van der Waals surface area contributed by atoms with Crippen molar-refractivity contribution in [3.8, 4) is 11.8 Å². The zero-order valence-corrected chi connectivity index (χ0v) is 17.8. The summed E-state index contributed by atoms with van der Waals surface area (Å²) in [7, 11) is 0. The molecule has 4 nitrogen and oxygen atoms in total. The Morgan fingerprint density at radius 3 is 2.53 bits per heavy atom. The predicted octanol–water partition coefficient (Wildman–Crippen LogP) is 4.29. The van der Waals surface area contributed by atoms with E-state index in [9.17, 15) is 14.4 Å². The van der Waals surface area contributed by atoms with Gasteiger partial charge in [0.1, 0.15) is 17.5 Å². The number of Topliss-reactive ketones (excluding diaryl/α,β-unsaturated/α-hetero) is 3. The summed E-state index contributed by atoms with van der Waals surface area (Å²) in [5.74, 6) is 5.05. The molecule has 0 radical (unpaired) electrons. The van der Waals surface area contributed by atoms with Crippen LogP contribution < -0.4 is 0 Å². The Labute approximate surface area is 178 Å². The molecule has 1 heterocycles. The molecule has 4 heteroatoms. The van der Waals surface area contributed by atoms with Crippen LogP contribution in [0.4, 0.5) is 0 Å². The molecular weight excluding hydrogens is 374 g/mol. The van der Waals surface area contributed by atoms with Crippen molar-refractivity contribution in [1.29, 1.82) is 0 Å². The number of nitrogens with zero attached hydrogens (tertiary/aromatic N) is 1. The molecule has 1 fully saturated rings. The molecule has 1 aromatic heterocycles. The molecule has 1 aliphatic carbocycles. The number of benzene rings is 1. The van der Waals surface area contributed by atoms with Gasteiger partial charge in [0.05, 0.1) is 0 Å². The van der Waals surface area contributed by atoms with E-state index < -0.39 is 5.92 Å². The van der Waals surface area contributed by atoms with Gasteiger partial charge in [-0.2, -0.15) is 0 Å². The van der Waals surface area contributed by atoms with E-state index in [4.69, 9.17) is 0 Å². The van der Waals surface area contributed by atoms with Crippen molar-refractivity contribution >= 4 is 17.3 Å². The van der Waals surface area contributed by atoms with E-state index >= 15 is 0 Å². The minimum Gasteiger partial charge on any atom is -0.299 e. The van der Waals surface area contributed by atoms with Crippen molar-refractivity contribution < 1.29 is 14.4 Å². The molecule has 0 saturated heterocycles.